The van der Waals surface area contributed by atoms with Gasteiger partial charge in [-0.1, -0.05) is 48.0 Å². The summed E-state index contributed by atoms with van der Waals surface area (Å²) in [5, 5.41) is 16.4. The summed E-state index contributed by atoms with van der Waals surface area (Å²) < 4.78 is 12.1. The normalized spacial score (nSPS) is 11.7. The van der Waals surface area contributed by atoms with Crippen LogP contribution in [0.2, 0.25) is 5.02 Å². The van der Waals surface area contributed by atoms with E-state index in [2.05, 4.69) is 10.4 Å². The van der Waals surface area contributed by atoms with Gasteiger partial charge in [-0.25, -0.2) is 9.48 Å². The highest BCUT2D eigenvalue weighted by atomic mass is 35.5. The van der Waals surface area contributed by atoms with Gasteiger partial charge in [0.2, 0.25) is 0 Å². The van der Waals surface area contributed by atoms with Crippen LogP contribution in [0.25, 0.3) is 5.69 Å². The Labute approximate surface area is 161 Å². The zero-order chi connectivity index (χ0) is 19.2. The second-order valence-electron chi connectivity index (χ2n) is 5.70. The molecule has 0 fully saturated rings. The molecule has 0 saturated carbocycles. The predicted octanol–water partition coefficient (Wildman–Crippen LogP) is 3.90. The number of benzene rings is 2. The molecule has 1 heterocycles. The maximum absolute atomic E-state index is 12.3. The smallest absolute Gasteiger partial charge is 0.418 e. The number of nitrogens with zero attached hydrogens (tertiary/aromatic N) is 2. The fourth-order valence-corrected chi connectivity index (χ4v) is 2.47. The number of anilines is 1. The second-order valence-corrected chi connectivity index (χ2v) is 6.08. The van der Waals surface area contributed by atoms with Crippen LogP contribution < -0.4 is 14.8 Å². The molecule has 1 atom stereocenters. The number of nitrogens with one attached hydrogen (secondary N) is 1. The number of aliphatic hydroxyl groups excluding tert-OH is 1. The molecule has 1 amide bonds. The van der Waals surface area contributed by atoms with Gasteiger partial charge in [0.15, 0.2) is 5.82 Å². The van der Waals surface area contributed by atoms with Gasteiger partial charge in [0.1, 0.15) is 17.4 Å². The number of hydrogen-bond acceptors (Lipinski definition) is 5. The third-order valence-corrected chi connectivity index (χ3v) is 3.78. The highest BCUT2D eigenvalue weighted by molar-refractivity contribution is 6.34. The molecule has 0 bridgehead atoms. The summed E-state index contributed by atoms with van der Waals surface area (Å²) in [7, 11) is 0. The third-order valence-electron chi connectivity index (χ3n) is 3.43. The van der Waals surface area contributed by atoms with Crippen LogP contribution in [0.5, 0.6) is 11.6 Å². The molecule has 3 rings (SSSR count). The molecule has 1 aromatic heterocycles. The molecule has 0 saturated heterocycles. The Hall–Kier alpha value is -3.03. The highest BCUT2D eigenvalue weighted by Crippen LogP contribution is 2.34. The van der Waals surface area contributed by atoms with Gasteiger partial charge in [-0.15, -0.1) is 5.10 Å². The zero-order valence-corrected chi connectivity index (χ0v) is 15.3. The Bertz CT molecular complexity index is 898. The number of para-hydroxylation sites is 2. The van der Waals surface area contributed by atoms with Crippen molar-refractivity contribution in [3.05, 3.63) is 65.7 Å². The lowest BCUT2D eigenvalue weighted by Gasteiger charge is -2.09. The average Bonchev–Trinajstić information content (AvgIpc) is 2.97. The Morgan fingerprint density at radius 1 is 1.19 bits per heavy atom. The maximum atomic E-state index is 12.3. The van der Waals surface area contributed by atoms with Gasteiger partial charge < -0.3 is 14.6 Å². The number of ether oxygens (including phenoxy) is 2. The van der Waals surface area contributed by atoms with Crippen molar-refractivity contribution >= 4 is 23.5 Å². The summed E-state index contributed by atoms with van der Waals surface area (Å²) in [6, 6.07) is 17.8. The topological polar surface area (TPSA) is 85.6 Å². The minimum Gasteiger partial charge on any atom is -0.473 e. The van der Waals surface area contributed by atoms with Crippen molar-refractivity contribution in [2.75, 3.05) is 11.9 Å². The number of amides is 1. The first-order chi connectivity index (χ1) is 13.0. The van der Waals surface area contributed by atoms with Gasteiger partial charge in [-0.05, 0) is 31.2 Å². The van der Waals surface area contributed by atoms with Crippen molar-refractivity contribution in [2.24, 2.45) is 0 Å². The van der Waals surface area contributed by atoms with Crippen LogP contribution in [-0.2, 0) is 0 Å². The average molecular weight is 388 g/mol. The van der Waals surface area contributed by atoms with E-state index in [1.54, 1.807) is 43.3 Å². The van der Waals surface area contributed by atoms with E-state index in [0.717, 1.165) is 0 Å². The number of halogens is 1. The quantitative estimate of drug-likeness (QED) is 0.670. The molecular formula is C19H18ClN3O4. The van der Waals surface area contributed by atoms with Crippen LogP contribution in [0.4, 0.5) is 10.6 Å². The molecule has 8 heteroatoms. The Morgan fingerprint density at radius 3 is 2.44 bits per heavy atom. The molecule has 0 aliphatic heterocycles. The number of aromatic nitrogens is 2. The van der Waals surface area contributed by atoms with E-state index in [4.69, 9.17) is 21.1 Å². The van der Waals surface area contributed by atoms with Gasteiger partial charge >= 0.3 is 6.09 Å². The van der Waals surface area contributed by atoms with E-state index in [-0.39, 0.29) is 23.3 Å². The molecule has 27 heavy (non-hydrogen) atoms. The first-order valence-corrected chi connectivity index (χ1v) is 8.61. The SMILES string of the molecule is CC(O)COc1nn(-c2ccccc2)c(NC(=O)Oc2ccccc2)c1Cl. The van der Waals surface area contributed by atoms with Gasteiger partial charge in [0, 0.05) is 0 Å². The molecule has 2 aromatic carbocycles. The summed E-state index contributed by atoms with van der Waals surface area (Å²) >= 11 is 6.35. The molecule has 0 radical (unpaired) electrons. The molecule has 1 unspecified atom stereocenters. The minimum atomic E-state index is -0.720. The van der Waals surface area contributed by atoms with E-state index in [0.29, 0.717) is 11.4 Å². The van der Waals surface area contributed by atoms with Gasteiger partial charge in [0.25, 0.3) is 5.88 Å². The zero-order valence-electron chi connectivity index (χ0n) is 14.5. The van der Waals surface area contributed by atoms with Crippen molar-refractivity contribution in [2.45, 2.75) is 13.0 Å². The lowest BCUT2D eigenvalue weighted by Crippen LogP contribution is -2.19. The van der Waals surface area contributed by atoms with Crippen LogP contribution in [0, 0.1) is 0 Å². The molecule has 7 nitrogen and oxygen atoms in total. The summed E-state index contributed by atoms with van der Waals surface area (Å²) in [6.07, 6.45) is -1.41. The summed E-state index contributed by atoms with van der Waals surface area (Å²) in [5.74, 6) is 0.684. The lowest BCUT2D eigenvalue weighted by atomic mass is 10.3. The van der Waals surface area contributed by atoms with Crippen molar-refractivity contribution in [3.63, 3.8) is 0 Å². The van der Waals surface area contributed by atoms with Crippen molar-refractivity contribution < 1.29 is 19.4 Å². The molecule has 3 aromatic rings. The van der Waals surface area contributed by atoms with E-state index in [1.165, 1.54) is 4.68 Å². The fraction of sp³-hybridized carbons (Fsp3) is 0.158. The molecule has 0 aliphatic carbocycles. The Balaban J connectivity index is 1.88. The van der Waals surface area contributed by atoms with Crippen molar-refractivity contribution in [3.8, 4) is 17.3 Å². The predicted molar refractivity (Wildman–Crippen MR) is 102 cm³/mol. The van der Waals surface area contributed by atoms with Crippen molar-refractivity contribution in [1.29, 1.82) is 0 Å². The van der Waals surface area contributed by atoms with E-state index in [1.807, 2.05) is 24.3 Å². The van der Waals surface area contributed by atoms with Gasteiger partial charge in [0.05, 0.1) is 11.8 Å². The molecule has 140 valence electrons. The molecule has 0 spiro atoms. The largest absolute Gasteiger partial charge is 0.473 e. The third kappa shape index (κ3) is 4.78. The first kappa shape index (κ1) is 18.8. The van der Waals surface area contributed by atoms with E-state index < -0.39 is 12.2 Å². The Kier molecular flexibility index (Phi) is 5.95. The van der Waals surface area contributed by atoms with Crippen LogP contribution in [0.1, 0.15) is 6.92 Å². The maximum Gasteiger partial charge on any atom is 0.418 e. The van der Waals surface area contributed by atoms with Gasteiger partial charge in [-0.3, -0.25) is 5.32 Å². The van der Waals surface area contributed by atoms with Gasteiger partial charge in [-0.2, -0.15) is 0 Å². The number of carbonyl (C=O) groups excluding carboxylic acids is 1. The number of rotatable bonds is 6. The summed E-state index contributed by atoms with van der Waals surface area (Å²) in [5.41, 5.74) is 0.668. The number of carbonyl (C=O) groups is 1. The van der Waals surface area contributed by atoms with Crippen LogP contribution in [0.15, 0.2) is 60.7 Å². The minimum absolute atomic E-state index is 0.0133. The highest BCUT2D eigenvalue weighted by Gasteiger charge is 2.22. The van der Waals surface area contributed by atoms with Crippen LogP contribution >= 0.6 is 11.6 Å². The standard InChI is InChI=1S/C19H18ClN3O4/c1-13(24)12-26-18-16(20)17(23(22-18)14-8-4-2-5-9-14)21-19(25)27-15-10-6-3-7-11-15/h2-11,13,24H,12H2,1H3,(H,21,25). The number of aliphatic hydroxyl groups is 1. The second kappa shape index (κ2) is 8.57. The molecule has 2 N–H and O–H groups in total. The first-order valence-electron chi connectivity index (χ1n) is 8.23. The summed E-state index contributed by atoms with van der Waals surface area (Å²) in [4.78, 5) is 12.3. The van der Waals surface area contributed by atoms with E-state index >= 15 is 0 Å². The fourth-order valence-electron chi connectivity index (χ4n) is 2.25. The van der Waals surface area contributed by atoms with Crippen molar-refractivity contribution in [1.82, 2.24) is 9.78 Å². The van der Waals surface area contributed by atoms with Crippen LogP contribution in [0.3, 0.4) is 0 Å². The molecule has 0 aliphatic rings. The van der Waals surface area contributed by atoms with E-state index in [9.17, 15) is 9.90 Å². The molecular weight excluding hydrogens is 370 g/mol. The summed E-state index contributed by atoms with van der Waals surface area (Å²) in [6.45, 7) is 1.60. The lowest BCUT2D eigenvalue weighted by molar-refractivity contribution is 0.119. The Morgan fingerprint density at radius 2 is 1.81 bits per heavy atom. The monoisotopic (exact) mass is 387 g/mol. The number of hydrogen-bond donors (Lipinski definition) is 2. The van der Waals surface area contributed by atoms with Crippen LogP contribution in [-0.4, -0.2) is 33.7 Å².